The second kappa shape index (κ2) is 11.2. The Morgan fingerprint density at radius 2 is 1.24 bits per heavy atom. The molecule has 1 aromatic carbocycles. The Bertz CT molecular complexity index is 920. The van der Waals surface area contributed by atoms with Crippen molar-refractivity contribution in [3.63, 3.8) is 0 Å². The second-order valence-corrected chi connectivity index (χ2v) is 10.3. The quantitative estimate of drug-likeness (QED) is 0.294. The first-order valence-corrected chi connectivity index (χ1v) is 12.8. The highest BCUT2D eigenvalue weighted by Gasteiger charge is 2.31. The minimum Gasteiger partial charge on any atom is -0.374 e. The van der Waals surface area contributed by atoms with Crippen molar-refractivity contribution in [1.29, 1.82) is 0 Å². The first kappa shape index (κ1) is 25.2. The zero-order valence-corrected chi connectivity index (χ0v) is 20.0. The summed E-state index contributed by atoms with van der Waals surface area (Å²) in [5.41, 5.74) is 1.00. The van der Waals surface area contributed by atoms with Crippen LogP contribution in [0.4, 0.5) is 17.6 Å². The molecule has 2 atom stereocenters. The van der Waals surface area contributed by atoms with Gasteiger partial charge in [-0.05, 0) is 99.0 Å². The molecule has 0 heterocycles. The van der Waals surface area contributed by atoms with Crippen LogP contribution in [0.5, 0.6) is 0 Å². The van der Waals surface area contributed by atoms with E-state index in [2.05, 4.69) is 6.58 Å². The van der Waals surface area contributed by atoms with Crippen LogP contribution in [0.2, 0.25) is 0 Å². The lowest BCUT2D eigenvalue weighted by atomic mass is 9.76. The molecule has 0 spiro atoms. The minimum atomic E-state index is -0.790. The van der Waals surface area contributed by atoms with Crippen molar-refractivity contribution in [2.75, 3.05) is 7.11 Å². The molecule has 2 saturated carbocycles. The molecule has 0 radical (unpaired) electrons. The van der Waals surface area contributed by atoms with E-state index in [0.29, 0.717) is 29.9 Å². The van der Waals surface area contributed by atoms with Gasteiger partial charge in [-0.2, -0.15) is 0 Å². The summed E-state index contributed by atoms with van der Waals surface area (Å²) in [5.74, 6) is -2.59. The Morgan fingerprint density at radius 3 is 1.74 bits per heavy atom. The number of ether oxygens (including phenoxy) is 1. The van der Waals surface area contributed by atoms with Gasteiger partial charge in [-0.15, -0.1) is 6.58 Å². The van der Waals surface area contributed by atoms with Gasteiger partial charge in [-0.25, -0.2) is 17.6 Å². The van der Waals surface area contributed by atoms with E-state index in [9.17, 15) is 8.78 Å². The van der Waals surface area contributed by atoms with Crippen molar-refractivity contribution in [2.24, 2.45) is 17.8 Å². The third kappa shape index (κ3) is 5.35. The summed E-state index contributed by atoms with van der Waals surface area (Å²) in [6, 6.07) is 3.60. The van der Waals surface area contributed by atoms with Gasteiger partial charge in [-0.1, -0.05) is 30.4 Å². The minimum absolute atomic E-state index is 0.00378. The van der Waals surface area contributed by atoms with Crippen LogP contribution < -0.4 is 0 Å². The average Bonchev–Trinajstić information content (AvgIpc) is 2.87. The summed E-state index contributed by atoms with van der Waals surface area (Å²) in [4.78, 5) is 0. The number of hydrogen-bond acceptors (Lipinski definition) is 1. The maximum atomic E-state index is 15.1. The van der Waals surface area contributed by atoms with Crippen molar-refractivity contribution in [1.82, 2.24) is 0 Å². The molecule has 5 heteroatoms. The predicted octanol–water partition coefficient (Wildman–Crippen LogP) is 8.83. The van der Waals surface area contributed by atoms with Crippen LogP contribution in [0.15, 0.2) is 48.6 Å². The van der Waals surface area contributed by atoms with Crippen LogP contribution in [0.1, 0.15) is 87.2 Å². The maximum absolute atomic E-state index is 15.1. The van der Waals surface area contributed by atoms with E-state index in [-0.39, 0.29) is 17.8 Å². The van der Waals surface area contributed by atoms with Gasteiger partial charge in [0.1, 0.15) is 11.9 Å². The summed E-state index contributed by atoms with van der Waals surface area (Å²) in [6.45, 7) is 3.85. The van der Waals surface area contributed by atoms with Gasteiger partial charge in [0.05, 0.1) is 0 Å². The lowest BCUT2D eigenvalue weighted by Gasteiger charge is -2.30. The lowest BCUT2D eigenvalue weighted by molar-refractivity contribution is 0.0858. The van der Waals surface area contributed by atoms with Gasteiger partial charge in [0.2, 0.25) is 0 Å². The molecular formula is C29H36F4O. The van der Waals surface area contributed by atoms with Crippen molar-refractivity contribution < 1.29 is 22.3 Å². The van der Waals surface area contributed by atoms with Crippen LogP contribution in [-0.2, 0) is 4.74 Å². The van der Waals surface area contributed by atoms with Gasteiger partial charge in [0.25, 0.3) is 0 Å². The molecule has 1 aromatic rings. The third-order valence-corrected chi connectivity index (χ3v) is 8.38. The van der Waals surface area contributed by atoms with E-state index in [1.807, 2.05) is 12.2 Å². The molecule has 3 aliphatic rings. The third-order valence-electron chi connectivity index (χ3n) is 8.38. The number of benzene rings is 1. The normalized spacial score (nSPS) is 32.9. The number of rotatable bonds is 6. The first-order chi connectivity index (χ1) is 16.4. The first-order valence-electron chi connectivity index (χ1n) is 12.8. The molecular weight excluding hydrogens is 440 g/mol. The Labute approximate surface area is 201 Å². The smallest absolute Gasteiger partial charge is 0.162 e. The molecule has 2 fully saturated rings. The number of hydrogen-bond donors (Lipinski definition) is 0. The van der Waals surface area contributed by atoms with E-state index in [4.69, 9.17) is 4.74 Å². The lowest BCUT2D eigenvalue weighted by Crippen LogP contribution is -2.21. The second-order valence-electron chi connectivity index (χ2n) is 10.3. The van der Waals surface area contributed by atoms with E-state index in [0.717, 1.165) is 51.4 Å². The van der Waals surface area contributed by atoms with Gasteiger partial charge in [0, 0.05) is 13.0 Å². The monoisotopic (exact) mass is 476 g/mol. The molecule has 0 saturated heterocycles. The Hall–Kier alpha value is -1.88. The highest BCUT2D eigenvalue weighted by atomic mass is 19.2. The summed E-state index contributed by atoms with van der Waals surface area (Å²) < 4.78 is 63.4. The topological polar surface area (TPSA) is 9.23 Å². The fourth-order valence-corrected chi connectivity index (χ4v) is 6.11. The highest BCUT2D eigenvalue weighted by Crippen LogP contribution is 2.42. The van der Waals surface area contributed by atoms with E-state index < -0.39 is 35.3 Å². The van der Waals surface area contributed by atoms with Crippen LogP contribution in [0.25, 0.3) is 0 Å². The molecule has 0 amide bonds. The molecule has 4 rings (SSSR count). The summed E-state index contributed by atoms with van der Waals surface area (Å²) >= 11 is 0. The van der Waals surface area contributed by atoms with Crippen LogP contribution in [0.3, 0.4) is 0 Å². The van der Waals surface area contributed by atoms with Crippen LogP contribution in [0, 0.1) is 29.4 Å². The molecule has 2 unspecified atom stereocenters. The molecule has 0 aromatic heterocycles. The fourth-order valence-electron chi connectivity index (χ4n) is 6.11. The highest BCUT2D eigenvalue weighted by molar-refractivity contribution is 5.32. The van der Waals surface area contributed by atoms with Crippen molar-refractivity contribution in [3.05, 3.63) is 71.4 Å². The molecule has 0 bridgehead atoms. The largest absolute Gasteiger partial charge is 0.374 e. The zero-order valence-electron chi connectivity index (χ0n) is 20.0. The summed E-state index contributed by atoms with van der Waals surface area (Å²) in [5, 5.41) is 0. The molecule has 0 N–H and O–H groups in total. The maximum Gasteiger partial charge on any atom is 0.162 e. The van der Waals surface area contributed by atoms with Gasteiger partial charge in [0.15, 0.2) is 17.5 Å². The summed E-state index contributed by atoms with van der Waals surface area (Å²) in [7, 11) is 1.39. The molecule has 34 heavy (non-hydrogen) atoms. The van der Waals surface area contributed by atoms with Gasteiger partial charge >= 0.3 is 0 Å². The van der Waals surface area contributed by atoms with Crippen LogP contribution in [-0.4, -0.2) is 13.2 Å². The van der Waals surface area contributed by atoms with Crippen molar-refractivity contribution >= 4 is 0 Å². The van der Waals surface area contributed by atoms with Gasteiger partial charge < -0.3 is 4.74 Å². The Morgan fingerprint density at radius 1 is 0.706 bits per heavy atom. The molecule has 0 aliphatic heterocycles. The Balaban J connectivity index is 1.35. The predicted molar refractivity (Wildman–Crippen MR) is 128 cm³/mol. The van der Waals surface area contributed by atoms with Crippen molar-refractivity contribution in [2.45, 2.75) is 82.1 Å². The molecule has 3 aliphatic carbocycles. The number of allylic oxidation sites excluding steroid dienone is 4. The van der Waals surface area contributed by atoms with Crippen LogP contribution >= 0.6 is 0 Å². The Kier molecular flexibility index (Phi) is 8.34. The van der Waals surface area contributed by atoms with Gasteiger partial charge in [-0.3, -0.25) is 0 Å². The summed E-state index contributed by atoms with van der Waals surface area (Å²) in [6.07, 6.45) is 12.8. The molecule has 1 nitrogen and oxygen atoms in total. The fraction of sp³-hybridized carbons (Fsp3) is 0.586. The number of methoxy groups -OCH3 is 1. The van der Waals surface area contributed by atoms with E-state index in [1.165, 1.54) is 7.11 Å². The van der Waals surface area contributed by atoms with Crippen molar-refractivity contribution in [3.8, 4) is 0 Å². The SMILES string of the molecule is C=CC1CCC(c2ccc(C3CCC(/C=C/C4CCC(OC)C(F)=C4F)CC3)c(F)c2F)CC1. The zero-order chi connectivity index (χ0) is 24.2. The average molecular weight is 477 g/mol. The van der Waals surface area contributed by atoms with E-state index >= 15 is 8.78 Å². The molecule has 186 valence electrons. The standard InChI is InChI=1S/C29H36F4O/c1-3-18-4-9-20(10-5-18)23-15-16-24(28(32)27(23)31)21-11-6-19(7-12-21)8-13-22-14-17-25(34-2)29(33)26(22)30/h3,8,13,15-16,18-22,25H,1,4-7,9-12,14,17H2,2H3/b13-8+. The number of halogens is 4. The van der Waals surface area contributed by atoms with E-state index in [1.54, 1.807) is 18.2 Å².